The number of nitrogens with one attached hydrogen (secondary N) is 1. The second kappa shape index (κ2) is 6.81. The molecule has 2 atom stereocenters. The lowest BCUT2D eigenvalue weighted by atomic mass is 10.1. The van der Waals surface area contributed by atoms with Gasteiger partial charge in [0.25, 0.3) is 0 Å². The Hall–Kier alpha value is -1.46. The monoisotopic (exact) mass is 294 g/mol. The van der Waals surface area contributed by atoms with E-state index >= 15 is 0 Å². The van der Waals surface area contributed by atoms with Crippen molar-refractivity contribution in [3.63, 3.8) is 0 Å². The van der Waals surface area contributed by atoms with E-state index in [4.69, 9.17) is 11.6 Å². The van der Waals surface area contributed by atoms with Crippen molar-refractivity contribution in [3.8, 4) is 0 Å². The molecule has 0 aliphatic carbocycles. The van der Waals surface area contributed by atoms with Crippen LogP contribution in [0.2, 0.25) is 5.28 Å². The standard InChI is InChI=1S/C14H19ClN4O/c1-3-4-6-10(9(2)20)17-13-12-11(7-5-8-16-12)18-14(15)19-13/h5,7-10,20H,3-4,6H2,1-2H3,(H,17,18,19). The van der Waals surface area contributed by atoms with Crippen LogP contribution in [0.3, 0.4) is 0 Å². The van der Waals surface area contributed by atoms with E-state index < -0.39 is 6.10 Å². The van der Waals surface area contributed by atoms with Crippen LogP contribution in [-0.2, 0) is 0 Å². The molecule has 0 aromatic carbocycles. The highest BCUT2D eigenvalue weighted by Gasteiger charge is 2.17. The highest BCUT2D eigenvalue weighted by atomic mass is 35.5. The third kappa shape index (κ3) is 3.55. The topological polar surface area (TPSA) is 70.9 Å². The van der Waals surface area contributed by atoms with Gasteiger partial charge in [-0.15, -0.1) is 0 Å². The second-order valence-corrected chi connectivity index (χ2v) is 5.18. The van der Waals surface area contributed by atoms with Crippen molar-refractivity contribution in [2.24, 2.45) is 0 Å². The Balaban J connectivity index is 2.31. The molecule has 2 heterocycles. The van der Waals surface area contributed by atoms with Crippen LogP contribution < -0.4 is 5.32 Å². The third-order valence-corrected chi connectivity index (χ3v) is 3.37. The Labute approximate surface area is 123 Å². The molecule has 0 saturated carbocycles. The van der Waals surface area contributed by atoms with Crippen LogP contribution in [0.4, 0.5) is 5.82 Å². The van der Waals surface area contributed by atoms with Gasteiger partial charge in [0.1, 0.15) is 5.52 Å². The molecule has 0 aliphatic heterocycles. The van der Waals surface area contributed by atoms with E-state index in [2.05, 4.69) is 27.2 Å². The summed E-state index contributed by atoms with van der Waals surface area (Å²) in [5.41, 5.74) is 1.36. The minimum atomic E-state index is -0.478. The summed E-state index contributed by atoms with van der Waals surface area (Å²) in [7, 11) is 0. The van der Waals surface area contributed by atoms with Gasteiger partial charge in [-0.1, -0.05) is 19.8 Å². The summed E-state index contributed by atoms with van der Waals surface area (Å²) >= 11 is 5.94. The lowest BCUT2D eigenvalue weighted by molar-refractivity contribution is 0.166. The van der Waals surface area contributed by atoms with Crippen LogP contribution in [0.1, 0.15) is 33.1 Å². The Morgan fingerprint density at radius 3 is 2.90 bits per heavy atom. The largest absolute Gasteiger partial charge is 0.391 e. The summed E-state index contributed by atoms with van der Waals surface area (Å²) in [5.74, 6) is 0.572. The van der Waals surface area contributed by atoms with Gasteiger partial charge in [-0.05, 0) is 37.1 Å². The minimum Gasteiger partial charge on any atom is -0.391 e. The molecule has 108 valence electrons. The van der Waals surface area contributed by atoms with E-state index in [-0.39, 0.29) is 11.3 Å². The van der Waals surface area contributed by atoms with Crippen LogP contribution in [0.15, 0.2) is 18.3 Å². The second-order valence-electron chi connectivity index (χ2n) is 4.85. The van der Waals surface area contributed by atoms with Crippen molar-refractivity contribution in [1.29, 1.82) is 0 Å². The summed E-state index contributed by atoms with van der Waals surface area (Å²) in [5, 5.41) is 13.3. The average molecular weight is 295 g/mol. The maximum absolute atomic E-state index is 9.88. The van der Waals surface area contributed by atoms with Crippen LogP contribution in [-0.4, -0.2) is 32.2 Å². The van der Waals surface area contributed by atoms with Gasteiger partial charge in [0, 0.05) is 6.20 Å². The zero-order valence-corrected chi connectivity index (χ0v) is 12.4. The summed E-state index contributed by atoms with van der Waals surface area (Å²) in [6.45, 7) is 3.89. The zero-order chi connectivity index (χ0) is 14.5. The molecule has 2 rings (SSSR count). The normalized spacial score (nSPS) is 14.2. The van der Waals surface area contributed by atoms with E-state index in [1.165, 1.54) is 0 Å². The number of aliphatic hydroxyl groups is 1. The zero-order valence-electron chi connectivity index (χ0n) is 11.7. The maximum atomic E-state index is 9.88. The number of rotatable bonds is 6. The number of unbranched alkanes of at least 4 members (excludes halogenated alkanes) is 1. The molecular formula is C14H19ClN4O. The van der Waals surface area contributed by atoms with E-state index in [0.29, 0.717) is 16.9 Å². The Kier molecular flexibility index (Phi) is 5.09. The van der Waals surface area contributed by atoms with Gasteiger partial charge >= 0.3 is 0 Å². The van der Waals surface area contributed by atoms with E-state index in [0.717, 1.165) is 19.3 Å². The van der Waals surface area contributed by atoms with Crippen molar-refractivity contribution in [2.75, 3.05) is 5.32 Å². The molecule has 20 heavy (non-hydrogen) atoms. The van der Waals surface area contributed by atoms with Crippen molar-refractivity contribution in [2.45, 2.75) is 45.3 Å². The number of anilines is 1. The molecule has 5 nitrogen and oxygen atoms in total. The first-order valence-electron chi connectivity index (χ1n) is 6.84. The van der Waals surface area contributed by atoms with Gasteiger partial charge in [-0.3, -0.25) is 4.98 Å². The average Bonchev–Trinajstić information content (AvgIpc) is 2.42. The van der Waals surface area contributed by atoms with Gasteiger partial charge < -0.3 is 10.4 Å². The molecule has 2 N–H and O–H groups in total. The Bertz CT molecular complexity index is 576. The van der Waals surface area contributed by atoms with Crippen LogP contribution >= 0.6 is 11.6 Å². The Morgan fingerprint density at radius 2 is 2.20 bits per heavy atom. The van der Waals surface area contributed by atoms with E-state index in [1.807, 2.05) is 6.07 Å². The molecular weight excluding hydrogens is 276 g/mol. The number of hydrogen-bond acceptors (Lipinski definition) is 5. The molecule has 2 unspecified atom stereocenters. The molecule has 2 aromatic rings. The van der Waals surface area contributed by atoms with Crippen LogP contribution in [0, 0.1) is 0 Å². The van der Waals surface area contributed by atoms with Gasteiger partial charge in [0.15, 0.2) is 5.82 Å². The van der Waals surface area contributed by atoms with Crippen molar-refractivity contribution < 1.29 is 5.11 Å². The number of halogens is 1. The predicted octanol–water partition coefficient (Wildman–Crippen LogP) is 3.03. The summed E-state index contributed by atoms with van der Waals surface area (Å²) in [4.78, 5) is 12.6. The Morgan fingerprint density at radius 1 is 1.40 bits per heavy atom. The van der Waals surface area contributed by atoms with E-state index in [1.54, 1.807) is 19.2 Å². The molecule has 6 heteroatoms. The molecule has 0 spiro atoms. The summed E-state index contributed by atoms with van der Waals surface area (Å²) in [6, 6.07) is 3.56. The minimum absolute atomic E-state index is 0.0777. The first-order valence-corrected chi connectivity index (χ1v) is 7.22. The molecule has 0 fully saturated rings. The highest BCUT2D eigenvalue weighted by Crippen LogP contribution is 2.22. The number of fused-ring (bicyclic) bond motifs is 1. The number of nitrogens with zero attached hydrogens (tertiary/aromatic N) is 3. The quantitative estimate of drug-likeness (QED) is 0.801. The SMILES string of the molecule is CCCCC(Nc1nc(Cl)nc2cccnc12)C(C)O. The molecule has 0 bridgehead atoms. The van der Waals surface area contributed by atoms with Gasteiger partial charge in [-0.25, -0.2) is 4.98 Å². The molecule has 0 saturated heterocycles. The summed E-state index contributed by atoms with van der Waals surface area (Å²) < 4.78 is 0. The first kappa shape index (κ1) is 14.9. The van der Waals surface area contributed by atoms with Gasteiger partial charge in [-0.2, -0.15) is 4.98 Å². The molecule has 0 radical (unpaired) electrons. The number of pyridine rings is 1. The smallest absolute Gasteiger partial charge is 0.225 e. The third-order valence-electron chi connectivity index (χ3n) is 3.20. The van der Waals surface area contributed by atoms with Crippen LogP contribution in [0.5, 0.6) is 0 Å². The molecule has 0 aliphatic rings. The maximum Gasteiger partial charge on any atom is 0.225 e. The number of aromatic nitrogens is 3. The fourth-order valence-electron chi connectivity index (χ4n) is 2.07. The van der Waals surface area contributed by atoms with Crippen molar-refractivity contribution in [3.05, 3.63) is 23.6 Å². The van der Waals surface area contributed by atoms with Crippen molar-refractivity contribution >= 4 is 28.5 Å². The first-order chi connectivity index (χ1) is 9.61. The van der Waals surface area contributed by atoms with Crippen molar-refractivity contribution in [1.82, 2.24) is 15.0 Å². The fourth-order valence-corrected chi connectivity index (χ4v) is 2.25. The van der Waals surface area contributed by atoms with E-state index in [9.17, 15) is 5.11 Å². The number of aliphatic hydroxyl groups excluding tert-OH is 1. The lowest BCUT2D eigenvalue weighted by Crippen LogP contribution is -2.32. The van der Waals surface area contributed by atoms with Gasteiger partial charge in [0.2, 0.25) is 5.28 Å². The lowest BCUT2D eigenvalue weighted by Gasteiger charge is -2.22. The predicted molar refractivity (Wildman–Crippen MR) is 81.0 cm³/mol. The van der Waals surface area contributed by atoms with Crippen LogP contribution in [0.25, 0.3) is 11.0 Å². The molecule has 0 amide bonds. The molecule has 2 aromatic heterocycles. The fraction of sp³-hybridized carbons (Fsp3) is 0.500. The van der Waals surface area contributed by atoms with Gasteiger partial charge in [0.05, 0.1) is 17.7 Å². The summed E-state index contributed by atoms with van der Waals surface area (Å²) in [6.07, 6.45) is 4.19. The highest BCUT2D eigenvalue weighted by molar-refractivity contribution is 6.28. The number of hydrogen-bond donors (Lipinski definition) is 2.